The lowest BCUT2D eigenvalue weighted by Crippen LogP contribution is -2.33. The fourth-order valence-electron chi connectivity index (χ4n) is 3.49. The molecule has 2 aromatic carbocycles. The predicted octanol–water partition coefficient (Wildman–Crippen LogP) is 2.34. The van der Waals surface area contributed by atoms with Gasteiger partial charge in [-0.1, -0.05) is 30.3 Å². The van der Waals surface area contributed by atoms with E-state index in [1.54, 1.807) is 18.2 Å². The molecule has 2 aliphatic heterocycles. The van der Waals surface area contributed by atoms with E-state index in [-0.39, 0.29) is 24.7 Å². The number of carbonyl (C=O) groups excluding carboxylic acids is 3. The Labute approximate surface area is 174 Å². The standard InChI is InChI=1S/C22H23N3O5/c26-20(23-16-6-8-18-19(14-16)30-13-12-29-18)9-7-17-21(27)25(22(28)24-17)11-10-15-4-2-1-3-5-15/h1-6,8,14,17H,7,9-13H2,(H,23,26)(H,24,28). The number of ether oxygens (including phenoxy) is 2. The average molecular weight is 409 g/mol. The molecule has 0 bridgehead atoms. The van der Waals surface area contributed by atoms with Gasteiger partial charge in [-0.3, -0.25) is 14.5 Å². The Kier molecular flexibility index (Phi) is 5.83. The molecule has 8 nitrogen and oxygen atoms in total. The van der Waals surface area contributed by atoms with Crippen molar-refractivity contribution in [2.24, 2.45) is 0 Å². The zero-order chi connectivity index (χ0) is 20.9. The second-order valence-electron chi connectivity index (χ2n) is 7.17. The van der Waals surface area contributed by atoms with E-state index in [1.807, 2.05) is 30.3 Å². The molecule has 1 unspecified atom stereocenters. The summed E-state index contributed by atoms with van der Waals surface area (Å²) in [5.74, 6) is 0.708. The predicted molar refractivity (Wildman–Crippen MR) is 109 cm³/mol. The number of benzene rings is 2. The van der Waals surface area contributed by atoms with Crippen LogP contribution < -0.4 is 20.1 Å². The minimum atomic E-state index is -0.681. The largest absolute Gasteiger partial charge is 0.486 e. The molecule has 4 amide bonds. The lowest BCUT2D eigenvalue weighted by molar-refractivity contribution is -0.127. The Morgan fingerprint density at radius 3 is 2.63 bits per heavy atom. The third kappa shape index (κ3) is 4.53. The zero-order valence-electron chi connectivity index (χ0n) is 16.4. The van der Waals surface area contributed by atoms with E-state index in [4.69, 9.17) is 9.47 Å². The van der Waals surface area contributed by atoms with E-state index >= 15 is 0 Å². The van der Waals surface area contributed by atoms with E-state index < -0.39 is 12.1 Å². The van der Waals surface area contributed by atoms with Crippen LogP contribution >= 0.6 is 0 Å². The minimum absolute atomic E-state index is 0.109. The van der Waals surface area contributed by atoms with Gasteiger partial charge in [-0.05, 0) is 30.5 Å². The summed E-state index contributed by atoms with van der Waals surface area (Å²) in [6.45, 7) is 1.28. The Balaban J connectivity index is 1.26. The number of carbonyl (C=O) groups is 3. The third-order valence-electron chi connectivity index (χ3n) is 5.06. The van der Waals surface area contributed by atoms with Crippen molar-refractivity contribution < 1.29 is 23.9 Å². The summed E-state index contributed by atoms with van der Waals surface area (Å²) in [6.07, 6.45) is 0.942. The van der Waals surface area contributed by atoms with E-state index in [0.717, 1.165) is 5.56 Å². The van der Waals surface area contributed by atoms with Crippen molar-refractivity contribution in [2.45, 2.75) is 25.3 Å². The Bertz CT molecular complexity index is 947. The van der Waals surface area contributed by atoms with E-state index in [1.165, 1.54) is 4.90 Å². The van der Waals surface area contributed by atoms with Crippen LogP contribution in [0.5, 0.6) is 11.5 Å². The number of amides is 4. The van der Waals surface area contributed by atoms with E-state index in [2.05, 4.69) is 10.6 Å². The topological polar surface area (TPSA) is 97.0 Å². The van der Waals surface area contributed by atoms with Gasteiger partial charge in [0.05, 0.1) is 0 Å². The van der Waals surface area contributed by atoms with Gasteiger partial charge < -0.3 is 20.1 Å². The molecule has 0 aliphatic carbocycles. The molecule has 30 heavy (non-hydrogen) atoms. The summed E-state index contributed by atoms with van der Waals surface area (Å²) in [7, 11) is 0. The molecular weight excluding hydrogens is 386 g/mol. The Hall–Kier alpha value is -3.55. The monoisotopic (exact) mass is 409 g/mol. The highest BCUT2D eigenvalue weighted by Gasteiger charge is 2.37. The molecule has 2 aliphatic rings. The number of nitrogens with zero attached hydrogens (tertiary/aromatic N) is 1. The van der Waals surface area contributed by atoms with Crippen LogP contribution in [0, 0.1) is 0 Å². The molecule has 4 rings (SSSR count). The molecule has 0 saturated carbocycles. The second-order valence-corrected chi connectivity index (χ2v) is 7.17. The van der Waals surface area contributed by atoms with Crippen LogP contribution in [0.15, 0.2) is 48.5 Å². The first-order valence-corrected chi connectivity index (χ1v) is 9.95. The summed E-state index contributed by atoms with van der Waals surface area (Å²) in [5, 5.41) is 5.46. The molecule has 1 saturated heterocycles. The lowest BCUT2D eigenvalue weighted by atomic mass is 10.1. The minimum Gasteiger partial charge on any atom is -0.486 e. The van der Waals surface area contributed by atoms with Crippen molar-refractivity contribution in [3.8, 4) is 11.5 Å². The van der Waals surface area contributed by atoms with Crippen LogP contribution in [-0.4, -0.2) is 48.5 Å². The van der Waals surface area contributed by atoms with Crippen LogP contribution in [0.3, 0.4) is 0 Å². The Morgan fingerprint density at radius 2 is 1.83 bits per heavy atom. The van der Waals surface area contributed by atoms with Crippen molar-refractivity contribution in [3.05, 3.63) is 54.1 Å². The number of rotatable bonds is 7. The third-order valence-corrected chi connectivity index (χ3v) is 5.06. The summed E-state index contributed by atoms with van der Waals surface area (Å²) in [4.78, 5) is 38.2. The highest BCUT2D eigenvalue weighted by molar-refractivity contribution is 6.04. The van der Waals surface area contributed by atoms with Crippen LogP contribution in [0.2, 0.25) is 0 Å². The van der Waals surface area contributed by atoms with Gasteiger partial charge in [0.25, 0.3) is 5.91 Å². The number of hydrogen-bond donors (Lipinski definition) is 2. The highest BCUT2D eigenvalue weighted by atomic mass is 16.6. The van der Waals surface area contributed by atoms with Gasteiger partial charge in [-0.25, -0.2) is 4.79 Å². The number of hydrogen-bond acceptors (Lipinski definition) is 5. The van der Waals surface area contributed by atoms with Crippen molar-refractivity contribution >= 4 is 23.5 Å². The molecule has 2 heterocycles. The van der Waals surface area contributed by atoms with Gasteiger partial charge >= 0.3 is 6.03 Å². The number of imide groups is 1. The van der Waals surface area contributed by atoms with E-state index in [9.17, 15) is 14.4 Å². The summed E-state index contributed by atoms with van der Waals surface area (Å²) >= 11 is 0. The number of nitrogens with one attached hydrogen (secondary N) is 2. The molecule has 0 radical (unpaired) electrons. The van der Waals surface area contributed by atoms with Gasteiger partial charge in [0.2, 0.25) is 5.91 Å². The maximum Gasteiger partial charge on any atom is 0.324 e. The SMILES string of the molecule is O=C(CCC1NC(=O)N(CCc2ccccc2)C1=O)Nc1ccc2c(c1)OCCO2. The number of fused-ring (bicyclic) bond motifs is 1. The van der Waals surface area contributed by atoms with Crippen LogP contribution in [-0.2, 0) is 16.0 Å². The zero-order valence-corrected chi connectivity index (χ0v) is 16.4. The quantitative estimate of drug-likeness (QED) is 0.684. The van der Waals surface area contributed by atoms with Crippen molar-refractivity contribution in [2.75, 3.05) is 25.1 Å². The Morgan fingerprint density at radius 1 is 1.07 bits per heavy atom. The van der Waals surface area contributed by atoms with Crippen LogP contribution in [0.4, 0.5) is 10.5 Å². The van der Waals surface area contributed by atoms with Crippen LogP contribution in [0.1, 0.15) is 18.4 Å². The molecule has 0 spiro atoms. The summed E-state index contributed by atoms with van der Waals surface area (Å²) < 4.78 is 11.0. The molecule has 2 N–H and O–H groups in total. The van der Waals surface area contributed by atoms with Gasteiger partial charge in [-0.2, -0.15) is 0 Å². The van der Waals surface area contributed by atoms with Crippen molar-refractivity contribution in [1.82, 2.24) is 10.2 Å². The van der Waals surface area contributed by atoms with E-state index in [0.29, 0.717) is 43.4 Å². The molecular formula is C22H23N3O5. The number of anilines is 1. The molecule has 1 atom stereocenters. The molecule has 1 fully saturated rings. The first kappa shape index (κ1) is 19.8. The molecule has 156 valence electrons. The maximum atomic E-state index is 12.5. The second kappa shape index (κ2) is 8.86. The molecule has 2 aromatic rings. The van der Waals surface area contributed by atoms with Gasteiger partial charge in [0.1, 0.15) is 19.3 Å². The first-order chi connectivity index (χ1) is 14.6. The van der Waals surface area contributed by atoms with Crippen LogP contribution in [0.25, 0.3) is 0 Å². The lowest BCUT2D eigenvalue weighted by Gasteiger charge is -2.19. The number of urea groups is 1. The van der Waals surface area contributed by atoms with Gasteiger partial charge in [-0.15, -0.1) is 0 Å². The average Bonchev–Trinajstić information content (AvgIpc) is 3.04. The van der Waals surface area contributed by atoms with Gasteiger partial charge in [0.15, 0.2) is 11.5 Å². The maximum absolute atomic E-state index is 12.5. The smallest absolute Gasteiger partial charge is 0.324 e. The van der Waals surface area contributed by atoms with Crippen molar-refractivity contribution in [3.63, 3.8) is 0 Å². The summed E-state index contributed by atoms with van der Waals surface area (Å²) in [6, 6.07) is 13.8. The first-order valence-electron chi connectivity index (χ1n) is 9.95. The molecule has 0 aromatic heterocycles. The highest BCUT2D eigenvalue weighted by Crippen LogP contribution is 2.32. The fraction of sp³-hybridized carbons (Fsp3) is 0.318. The van der Waals surface area contributed by atoms with Crippen molar-refractivity contribution in [1.29, 1.82) is 0 Å². The fourth-order valence-corrected chi connectivity index (χ4v) is 3.49. The normalized spacial score (nSPS) is 17.6. The summed E-state index contributed by atoms with van der Waals surface area (Å²) in [5.41, 5.74) is 1.65. The molecule has 8 heteroatoms. The van der Waals surface area contributed by atoms with Gasteiger partial charge in [0, 0.05) is 24.7 Å².